The number of ether oxygens (including phenoxy) is 3. The van der Waals surface area contributed by atoms with Crippen molar-refractivity contribution in [2.45, 2.75) is 6.92 Å². The molecule has 31 heavy (non-hydrogen) atoms. The van der Waals surface area contributed by atoms with Crippen molar-refractivity contribution in [3.63, 3.8) is 0 Å². The molecule has 0 saturated carbocycles. The number of benzene rings is 2. The lowest BCUT2D eigenvalue weighted by Crippen LogP contribution is -2.54. The predicted molar refractivity (Wildman–Crippen MR) is 119 cm³/mol. The first-order valence-electron chi connectivity index (χ1n) is 9.49. The average molecular weight is 489 g/mol. The predicted octanol–water partition coefficient (Wildman–Crippen LogP) is 3.53. The Labute approximate surface area is 187 Å². The number of carbonyl (C=O) groups is 3. The zero-order valence-electron chi connectivity index (χ0n) is 17.0. The third-order valence-electron chi connectivity index (χ3n) is 4.35. The number of hydrogen-bond acceptors (Lipinski definition) is 6. The highest BCUT2D eigenvalue weighted by molar-refractivity contribution is 9.09. The van der Waals surface area contributed by atoms with Crippen molar-refractivity contribution in [3.05, 3.63) is 53.6 Å². The Hall–Kier alpha value is -3.33. The molecule has 0 atom stereocenters. The van der Waals surface area contributed by atoms with Crippen LogP contribution in [0, 0.1) is 0 Å². The van der Waals surface area contributed by atoms with E-state index in [9.17, 15) is 14.4 Å². The molecule has 0 spiro atoms. The lowest BCUT2D eigenvalue weighted by atomic mass is 10.1. The molecule has 0 aromatic heterocycles. The van der Waals surface area contributed by atoms with Crippen molar-refractivity contribution in [2.75, 3.05) is 30.6 Å². The van der Waals surface area contributed by atoms with Crippen LogP contribution < -0.4 is 24.4 Å². The van der Waals surface area contributed by atoms with Gasteiger partial charge in [-0.15, -0.1) is 0 Å². The topological polar surface area (TPSA) is 94.2 Å². The Morgan fingerprint density at radius 3 is 2.42 bits per heavy atom. The largest absolute Gasteiger partial charge is 0.497 e. The van der Waals surface area contributed by atoms with Gasteiger partial charge < -0.3 is 14.2 Å². The SMILES string of the molecule is CCOc1cc(/C=C2/C(=O)NC(=O)N(c3ccc(OC)cc3)C2=O)ccc1OCCBr. The second-order valence-corrected chi connectivity index (χ2v) is 7.13. The summed E-state index contributed by atoms with van der Waals surface area (Å²) < 4.78 is 16.3. The van der Waals surface area contributed by atoms with E-state index in [1.807, 2.05) is 6.92 Å². The summed E-state index contributed by atoms with van der Waals surface area (Å²) in [6.45, 7) is 2.72. The minimum Gasteiger partial charge on any atom is -0.497 e. The standard InChI is InChI=1S/C22H21BrN2O6/c1-3-30-19-13-14(4-9-18(19)31-11-10-23)12-17-20(26)24-22(28)25(21(17)27)15-5-7-16(29-2)8-6-15/h4-9,12-13H,3,10-11H2,1-2H3,(H,24,26,28)/b17-12-. The van der Waals surface area contributed by atoms with Gasteiger partial charge in [-0.3, -0.25) is 14.9 Å². The second kappa shape index (κ2) is 10.1. The summed E-state index contributed by atoms with van der Waals surface area (Å²) in [5.74, 6) is 0.127. The van der Waals surface area contributed by atoms with Crippen LogP contribution in [-0.2, 0) is 9.59 Å². The number of imide groups is 2. The molecule has 1 aliphatic heterocycles. The summed E-state index contributed by atoms with van der Waals surface area (Å²) >= 11 is 3.31. The van der Waals surface area contributed by atoms with E-state index in [1.165, 1.54) is 13.2 Å². The minimum absolute atomic E-state index is 0.174. The van der Waals surface area contributed by atoms with Crippen molar-refractivity contribution >= 4 is 45.5 Å². The molecular formula is C22H21BrN2O6. The van der Waals surface area contributed by atoms with Gasteiger partial charge in [0, 0.05) is 5.33 Å². The molecule has 0 radical (unpaired) electrons. The first-order chi connectivity index (χ1) is 15.0. The number of methoxy groups -OCH3 is 1. The fourth-order valence-corrected chi connectivity index (χ4v) is 3.10. The maximum absolute atomic E-state index is 13.0. The average Bonchev–Trinajstić information content (AvgIpc) is 2.76. The number of halogens is 1. The Morgan fingerprint density at radius 1 is 1.03 bits per heavy atom. The second-order valence-electron chi connectivity index (χ2n) is 6.33. The van der Waals surface area contributed by atoms with Gasteiger partial charge in [0.05, 0.1) is 26.0 Å². The van der Waals surface area contributed by atoms with Crippen molar-refractivity contribution < 1.29 is 28.6 Å². The van der Waals surface area contributed by atoms with E-state index in [1.54, 1.807) is 42.5 Å². The van der Waals surface area contributed by atoms with Crippen LogP contribution in [0.25, 0.3) is 6.08 Å². The van der Waals surface area contributed by atoms with Crippen LogP contribution in [0.4, 0.5) is 10.5 Å². The first kappa shape index (κ1) is 22.4. The molecule has 0 aliphatic carbocycles. The lowest BCUT2D eigenvalue weighted by molar-refractivity contribution is -0.122. The highest BCUT2D eigenvalue weighted by Crippen LogP contribution is 2.30. The van der Waals surface area contributed by atoms with Crippen molar-refractivity contribution in [1.29, 1.82) is 0 Å². The van der Waals surface area contributed by atoms with E-state index in [2.05, 4.69) is 21.2 Å². The summed E-state index contributed by atoms with van der Waals surface area (Å²) in [5, 5.41) is 2.86. The number of rotatable bonds is 8. The monoisotopic (exact) mass is 488 g/mol. The zero-order valence-corrected chi connectivity index (χ0v) is 18.6. The van der Waals surface area contributed by atoms with Crippen LogP contribution in [-0.4, -0.2) is 43.5 Å². The number of nitrogens with zero attached hydrogens (tertiary/aromatic N) is 1. The molecule has 2 aromatic carbocycles. The molecule has 162 valence electrons. The molecule has 1 saturated heterocycles. The number of urea groups is 1. The summed E-state index contributed by atoms with van der Waals surface area (Å²) in [6.07, 6.45) is 1.41. The molecule has 4 amide bonds. The quantitative estimate of drug-likeness (QED) is 0.347. The van der Waals surface area contributed by atoms with Gasteiger partial charge in [0.2, 0.25) is 0 Å². The number of hydrogen-bond donors (Lipinski definition) is 1. The molecule has 9 heteroatoms. The van der Waals surface area contributed by atoms with E-state index in [0.717, 1.165) is 4.90 Å². The van der Waals surface area contributed by atoms with Crippen molar-refractivity contribution in [2.24, 2.45) is 0 Å². The Kier molecular flexibility index (Phi) is 7.30. The van der Waals surface area contributed by atoms with Crippen LogP contribution in [0.5, 0.6) is 17.2 Å². The van der Waals surface area contributed by atoms with E-state index in [4.69, 9.17) is 14.2 Å². The molecule has 1 fully saturated rings. The summed E-state index contributed by atoms with van der Waals surface area (Å²) in [5.41, 5.74) is 0.694. The number of anilines is 1. The smallest absolute Gasteiger partial charge is 0.335 e. The van der Waals surface area contributed by atoms with Gasteiger partial charge in [0.1, 0.15) is 11.3 Å². The lowest BCUT2D eigenvalue weighted by Gasteiger charge is -2.26. The fourth-order valence-electron chi connectivity index (χ4n) is 2.94. The van der Waals surface area contributed by atoms with E-state index in [0.29, 0.717) is 47.0 Å². The highest BCUT2D eigenvalue weighted by atomic mass is 79.9. The maximum Gasteiger partial charge on any atom is 0.335 e. The van der Waals surface area contributed by atoms with Gasteiger partial charge >= 0.3 is 6.03 Å². The van der Waals surface area contributed by atoms with Crippen LogP contribution in [0.1, 0.15) is 12.5 Å². The van der Waals surface area contributed by atoms with Crippen LogP contribution in [0.2, 0.25) is 0 Å². The minimum atomic E-state index is -0.814. The molecule has 1 N–H and O–H groups in total. The molecule has 0 bridgehead atoms. The Morgan fingerprint density at radius 2 is 1.77 bits per heavy atom. The number of alkyl halides is 1. The summed E-state index contributed by atoms with van der Waals surface area (Å²) in [7, 11) is 1.51. The van der Waals surface area contributed by atoms with Gasteiger partial charge in [-0.1, -0.05) is 22.0 Å². The van der Waals surface area contributed by atoms with Gasteiger partial charge in [-0.05, 0) is 55.0 Å². The molecule has 2 aromatic rings. The first-order valence-corrected chi connectivity index (χ1v) is 10.6. The van der Waals surface area contributed by atoms with Crippen molar-refractivity contribution in [1.82, 2.24) is 5.32 Å². The molecule has 1 heterocycles. The molecule has 0 unspecified atom stereocenters. The molecule has 8 nitrogen and oxygen atoms in total. The van der Waals surface area contributed by atoms with E-state index >= 15 is 0 Å². The third kappa shape index (κ3) is 5.05. The Balaban J connectivity index is 1.94. The van der Waals surface area contributed by atoms with Gasteiger partial charge in [0.15, 0.2) is 11.5 Å². The number of carbonyl (C=O) groups excluding carboxylic acids is 3. The maximum atomic E-state index is 13.0. The molecule has 1 aliphatic rings. The molecular weight excluding hydrogens is 468 g/mol. The fraction of sp³-hybridized carbons (Fsp3) is 0.227. The van der Waals surface area contributed by atoms with Crippen LogP contribution in [0.3, 0.4) is 0 Å². The Bertz CT molecular complexity index is 1020. The van der Waals surface area contributed by atoms with Crippen LogP contribution >= 0.6 is 15.9 Å². The van der Waals surface area contributed by atoms with E-state index in [-0.39, 0.29) is 5.57 Å². The van der Waals surface area contributed by atoms with Crippen molar-refractivity contribution in [3.8, 4) is 17.2 Å². The number of barbiturate groups is 1. The molecule has 3 rings (SSSR count). The summed E-state index contributed by atoms with van der Waals surface area (Å²) in [6, 6.07) is 10.6. The van der Waals surface area contributed by atoms with Gasteiger partial charge in [0.25, 0.3) is 11.8 Å². The number of amides is 4. The van der Waals surface area contributed by atoms with Crippen LogP contribution in [0.15, 0.2) is 48.0 Å². The van der Waals surface area contributed by atoms with E-state index < -0.39 is 17.8 Å². The third-order valence-corrected chi connectivity index (χ3v) is 4.67. The number of nitrogens with one attached hydrogen (secondary N) is 1. The van der Waals surface area contributed by atoms with Gasteiger partial charge in [-0.25, -0.2) is 9.69 Å². The highest BCUT2D eigenvalue weighted by Gasteiger charge is 2.36. The van der Waals surface area contributed by atoms with Gasteiger partial charge in [-0.2, -0.15) is 0 Å². The summed E-state index contributed by atoms with van der Waals surface area (Å²) in [4.78, 5) is 38.6. The zero-order chi connectivity index (χ0) is 22.4. The normalized spacial score (nSPS) is 15.1.